The zero-order valence-corrected chi connectivity index (χ0v) is 9.28. The van der Waals surface area contributed by atoms with Gasteiger partial charge in [-0.2, -0.15) is 0 Å². The average Bonchev–Trinajstić information content (AvgIpc) is 2.16. The lowest BCUT2D eigenvalue weighted by Crippen LogP contribution is -2.53. The van der Waals surface area contributed by atoms with Crippen molar-refractivity contribution in [3.8, 4) is 0 Å². The molecule has 6 bridgehead atoms. The maximum Gasteiger partial charge on any atom is -0.0349 e. The molecule has 5 aliphatic rings. The van der Waals surface area contributed by atoms with E-state index in [0.717, 1.165) is 5.92 Å². The second-order valence-electron chi connectivity index (χ2n) is 6.90. The SMILES string of the molecule is CC1CC2C3CC4CC(C3)C(C1)C2C4. The van der Waals surface area contributed by atoms with Gasteiger partial charge in [0.1, 0.15) is 0 Å². The Morgan fingerprint density at radius 3 is 1.93 bits per heavy atom. The van der Waals surface area contributed by atoms with E-state index in [-0.39, 0.29) is 0 Å². The van der Waals surface area contributed by atoms with E-state index < -0.39 is 0 Å². The summed E-state index contributed by atoms with van der Waals surface area (Å²) in [5.74, 6) is 8.13. The molecule has 4 atom stereocenters. The lowest BCUT2D eigenvalue weighted by molar-refractivity contribution is -0.122. The molecule has 4 unspecified atom stereocenters. The molecule has 0 aromatic rings. The highest BCUT2D eigenvalue weighted by Crippen LogP contribution is 2.64. The van der Waals surface area contributed by atoms with Crippen molar-refractivity contribution < 1.29 is 0 Å². The van der Waals surface area contributed by atoms with Gasteiger partial charge in [-0.25, -0.2) is 0 Å². The summed E-state index contributed by atoms with van der Waals surface area (Å²) in [4.78, 5) is 0. The molecule has 0 aliphatic heterocycles. The summed E-state index contributed by atoms with van der Waals surface area (Å²) in [5, 5.41) is 0. The van der Waals surface area contributed by atoms with Gasteiger partial charge in [0.05, 0.1) is 0 Å². The number of hydrogen-bond acceptors (Lipinski definition) is 0. The van der Waals surface area contributed by atoms with Crippen molar-refractivity contribution in [3.05, 3.63) is 0 Å². The van der Waals surface area contributed by atoms with E-state index in [9.17, 15) is 0 Å². The Labute approximate surface area is 87.5 Å². The van der Waals surface area contributed by atoms with Crippen molar-refractivity contribution in [2.24, 2.45) is 41.4 Å². The Morgan fingerprint density at radius 1 is 0.643 bits per heavy atom. The van der Waals surface area contributed by atoms with Crippen molar-refractivity contribution in [2.45, 2.75) is 45.4 Å². The van der Waals surface area contributed by atoms with Crippen molar-refractivity contribution >= 4 is 0 Å². The fraction of sp³-hybridized carbons (Fsp3) is 1.00. The zero-order chi connectivity index (χ0) is 9.28. The lowest BCUT2D eigenvalue weighted by Gasteiger charge is -2.62. The van der Waals surface area contributed by atoms with E-state index in [1.807, 2.05) is 0 Å². The van der Waals surface area contributed by atoms with Crippen molar-refractivity contribution in [2.75, 3.05) is 0 Å². The van der Waals surface area contributed by atoms with E-state index in [1.54, 1.807) is 38.5 Å². The third kappa shape index (κ3) is 0.907. The van der Waals surface area contributed by atoms with Crippen LogP contribution in [0.3, 0.4) is 0 Å². The third-order valence-corrected chi connectivity index (χ3v) is 6.14. The van der Waals surface area contributed by atoms with Crippen LogP contribution in [0.25, 0.3) is 0 Å². The van der Waals surface area contributed by atoms with E-state index in [4.69, 9.17) is 0 Å². The topological polar surface area (TPSA) is 0 Å². The van der Waals surface area contributed by atoms with Gasteiger partial charge in [-0.1, -0.05) is 6.92 Å². The molecule has 0 heterocycles. The lowest BCUT2D eigenvalue weighted by atomic mass is 9.43. The standard InChI is InChI=1S/C14H22/c1-8-2-12-10-4-9-5-11(7-10)13(3-8)14(12)6-9/h8-14H,2-7H2,1H3. The van der Waals surface area contributed by atoms with Crippen LogP contribution in [0.5, 0.6) is 0 Å². The highest BCUT2D eigenvalue weighted by molar-refractivity contribution is 5.04. The Bertz CT molecular complexity index is 231. The third-order valence-electron chi connectivity index (χ3n) is 6.14. The summed E-state index contributed by atoms with van der Waals surface area (Å²) in [6, 6.07) is 0. The molecule has 5 saturated carbocycles. The van der Waals surface area contributed by atoms with Gasteiger partial charge in [0, 0.05) is 0 Å². The minimum absolute atomic E-state index is 1.06. The molecule has 14 heavy (non-hydrogen) atoms. The Balaban J connectivity index is 1.74. The first-order valence-corrected chi connectivity index (χ1v) is 6.81. The Kier molecular flexibility index (Phi) is 1.50. The Hall–Kier alpha value is 0. The second kappa shape index (κ2) is 2.57. The predicted octanol–water partition coefficient (Wildman–Crippen LogP) is 3.71. The van der Waals surface area contributed by atoms with Crippen LogP contribution in [-0.4, -0.2) is 0 Å². The van der Waals surface area contributed by atoms with E-state index in [1.165, 1.54) is 35.5 Å². The Morgan fingerprint density at radius 2 is 1.29 bits per heavy atom. The smallest absolute Gasteiger partial charge is 0.0349 e. The zero-order valence-electron chi connectivity index (χ0n) is 9.28. The van der Waals surface area contributed by atoms with Crippen LogP contribution in [0.4, 0.5) is 0 Å². The van der Waals surface area contributed by atoms with Crippen molar-refractivity contribution in [3.63, 3.8) is 0 Å². The molecule has 0 saturated heterocycles. The molecule has 0 N–H and O–H groups in total. The van der Waals surface area contributed by atoms with Crippen LogP contribution in [0, 0.1) is 41.4 Å². The highest BCUT2D eigenvalue weighted by Gasteiger charge is 2.55. The molecule has 0 nitrogen and oxygen atoms in total. The van der Waals surface area contributed by atoms with Crippen molar-refractivity contribution in [1.82, 2.24) is 0 Å². The van der Waals surface area contributed by atoms with Gasteiger partial charge in [0.15, 0.2) is 0 Å². The number of hydrogen-bond donors (Lipinski definition) is 0. The molecule has 0 aromatic carbocycles. The quantitative estimate of drug-likeness (QED) is 0.546. The van der Waals surface area contributed by atoms with Crippen LogP contribution >= 0.6 is 0 Å². The first-order chi connectivity index (χ1) is 6.81. The molecular formula is C14H22. The fourth-order valence-corrected chi connectivity index (χ4v) is 5.94. The molecule has 5 rings (SSSR count). The largest absolute Gasteiger partial charge is 0.0625 e. The van der Waals surface area contributed by atoms with Gasteiger partial charge in [0.25, 0.3) is 0 Å². The van der Waals surface area contributed by atoms with Crippen LogP contribution in [0.1, 0.15) is 45.4 Å². The summed E-state index contributed by atoms with van der Waals surface area (Å²) < 4.78 is 0. The van der Waals surface area contributed by atoms with Crippen LogP contribution in [0.15, 0.2) is 0 Å². The van der Waals surface area contributed by atoms with Crippen LogP contribution in [0.2, 0.25) is 0 Å². The summed E-state index contributed by atoms with van der Waals surface area (Å²) in [6.45, 7) is 2.51. The monoisotopic (exact) mass is 190 g/mol. The van der Waals surface area contributed by atoms with E-state index >= 15 is 0 Å². The maximum atomic E-state index is 2.51. The average molecular weight is 190 g/mol. The molecule has 0 heteroatoms. The second-order valence-corrected chi connectivity index (χ2v) is 6.90. The fourth-order valence-electron chi connectivity index (χ4n) is 5.94. The predicted molar refractivity (Wildman–Crippen MR) is 57.8 cm³/mol. The number of rotatable bonds is 0. The van der Waals surface area contributed by atoms with Gasteiger partial charge < -0.3 is 0 Å². The maximum absolute atomic E-state index is 2.51. The molecule has 0 amide bonds. The van der Waals surface area contributed by atoms with Gasteiger partial charge in [-0.15, -0.1) is 0 Å². The summed E-state index contributed by atoms with van der Waals surface area (Å²) in [6.07, 6.45) is 9.69. The first-order valence-electron chi connectivity index (χ1n) is 6.81. The minimum Gasteiger partial charge on any atom is -0.0625 e. The molecule has 0 radical (unpaired) electrons. The molecule has 78 valence electrons. The first kappa shape index (κ1) is 8.19. The van der Waals surface area contributed by atoms with Gasteiger partial charge in [-0.05, 0) is 80.0 Å². The van der Waals surface area contributed by atoms with Gasteiger partial charge >= 0.3 is 0 Å². The van der Waals surface area contributed by atoms with E-state index in [0.29, 0.717) is 0 Å². The summed E-state index contributed by atoms with van der Waals surface area (Å²) >= 11 is 0. The van der Waals surface area contributed by atoms with Crippen LogP contribution in [-0.2, 0) is 0 Å². The molecule has 0 aromatic heterocycles. The molecule has 5 fully saturated rings. The molecule has 5 aliphatic carbocycles. The minimum atomic E-state index is 1.06. The highest BCUT2D eigenvalue weighted by atomic mass is 14.6. The van der Waals surface area contributed by atoms with Gasteiger partial charge in [0.2, 0.25) is 0 Å². The molecular weight excluding hydrogens is 168 g/mol. The normalized spacial score (nSPS) is 64.5. The van der Waals surface area contributed by atoms with Crippen molar-refractivity contribution in [1.29, 1.82) is 0 Å². The van der Waals surface area contributed by atoms with Crippen LogP contribution < -0.4 is 0 Å². The van der Waals surface area contributed by atoms with Gasteiger partial charge in [-0.3, -0.25) is 0 Å². The molecule has 0 spiro atoms. The summed E-state index contributed by atoms with van der Waals surface area (Å²) in [7, 11) is 0. The summed E-state index contributed by atoms with van der Waals surface area (Å²) in [5.41, 5.74) is 0. The van der Waals surface area contributed by atoms with E-state index in [2.05, 4.69) is 6.92 Å².